The van der Waals surface area contributed by atoms with Crippen molar-refractivity contribution in [3.8, 4) is 11.8 Å². The maximum absolute atomic E-state index is 11.6. The number of nitriles is 1. The number of nitrogens with zero attached hydrogens (tertiary/aromatic N) is 2. The molecule has 0 aliphatic rings. The van der Waals surface area contributed by atoms with Crippen molar-refractivity contribution in [2.45, 2.75) is 5.03 Å². The standard InChI is InChI=1S/C11H7N3O2S2/c12-6-8-9(17)14-18-10(8)13-11(15)16-7-4-2-1-3-5-7/h1-5H,(H,13,15)(H,14,17). The smallest absolute Gasteiger partial charge is 0.410 e. The number of benzene rings is 1. The highest BCUT2D eigenvalue weighted by atomic mass is 32.1. The molecule has 0 saturated carbocycles. The lowest BCUT2D eigenvalue weighted by Crippen LogP contribution is -2.16. The fraction of sp³-hybridized carbons (Fsp3) is 0. The van der Waals surface area contributed by atoms with Crippen LogP contribution < -0.4 is 10.1 Å². The maximum Gasteiger partial charge on any atom is 0.417 e. The number of carbonyl (C=O) groups is 1. The van der Waals surface area contributed by atoms with Gasteiger partial charge in [-0.25, -0.2) is 4.79 Å². The summed E-state index contributed by atoms with van der Waals surface area (Å²) in [5.74, 6) is 0.420. The molecule has 1 aromatic carbocycles. The Morgan fingerprint density at radius 3 is 2.83 bits per heavy atom. The molecule has 0 aliphatic heterocycles. The third-order valence-corrected chi connectivity index (χ3v) is 3.18. The van der Waals surface area contributed by atoms with E-state index in [4.69, 9.17) is 10.00 Å². The molecule has 2 rings (SSSR count). The van der Waals surface area contributed by atoms with Crippen LogP contribution in [0.5, 0.6) is 5.75 Å². The molecule has 5 nitrogen and oxygen atoms in total. The van der Waals surface area contributed by atoms with Gasteiger partial charge in [0.15, 0.2) is 0 Å². The molecule has 0 spiro atoms. The first-order chi connectivity index (χ1) is 8.70. The number of anilines is 1. The lowest BCUT2D eigenvalue weighted by atomic mass is 10.3. The molecule has 1 aromatic heterocycles. The van der Waals surface area contributed by atoms with Crippen LogP contribution in [-0.2, 0) is 0 Å². The van der Waals surface area contributed by atoms with E-state index in [1.165, 1.54) is 0 Å². The SMILES string of the molecule is N#Cc1c(S)nsc1NC(=O)Oc1ccccc1. The number of carbonyl (C=O) groups excluding carboxylic acids is 1. The van der Waals surface area contributed by atoms with Gasteiger partial charge in [-0.1, -0.05) is 18.2 Å². The average molecular weight is 277 g/mol. The first-order valence-corrected chi connectivity index (χ1v) is 6.05. The van der Waals surface area contributed by atoms with Crippen LogP contribution >= 0.6 is 24.2 Å². The topological polar surface area (TPSA) is 75.0 Å². The van der Waals surface area contributed by atoms with Gasteiger partial charge in [0.25, 0.3) is 0 Å². The molecule has 90 valence electrons. The predicted octanol–water partition coefficient (Wildman–Crippen LogP) is 2.91. The maximum atomic E-state index is 11.6. The summed E-state index contributed by atoms with van der Waals surface area (Å²) in [6, 6.07) is 10.5. The first-order valence-electron chi connectivity index (χ1n) is 4.83. The summed E-state index contributed by atoms with van der Waals surface area (Å²) in [6.45, 7) is 0. The number of thiol groups is 1. The Morgan fingerprint density at radius 1 is 1.44 bits per heavy atom. The average Bonchev–Trinajstić information content (AvgIpc) is 2.71. The van der Waals surface area contributed by atoms with Gasteiger partial charge in [-0.3, -0.25) is 5.32 Å². The fourth-order valence-corrected chi connectivity index (χ4v) is 2.17. The van der Waals surface area contributed by atoms with Crippen LogP contribution in [0, 0.1) is 11.3 Å². The second-order valence-electron chi connectivity index (χ2n) is 3.15. The van der Waals surface area contributed by atoms with Gasteiger partial charge in [0.05, 0.1) is 0 Å². The molecule has 0 unspecified atom stereocenters. The highest BCUT2D eigenvalue weighted by molar-refractivity contribution is 7.80. The van der Waals surface area contributed by atoms with Gasteiger partial charge in [-0.15, -0.1) is 12.6 Å². The Hall–Kier alpha value is -2.04. The molecule has 0 radical (unpaired) electrons. The Kier molecular flexibility index (Phi) is 3.82. The molecule has 1 N–H and O–H groups in total. The van der Waals surface area contributed by atoms with E-state index in [0.717, 1.165) is 11.5 Å². The molecule has 2 aromatic rings. The number of rotatable bonds is 2. The number of ether oxygens (including phenoxy) is 1. The molecular weight excluding hydrogens is 270 g/mol. The summed E-state index contributed by atoms with van der Waals surface area (Å²) < 4.78 is 8.88. The van der Waals surface area contributed by atoms with Crippen molar-refractivity contribution in [2.24, 2.45) is 0 Å². The van der Waals surface area contributed by atoms with E-state index in [0.29, 0.717) is 10.8 Å². The van der Waals surface area contributed by atoms with Crippen molar-refractivity contribution >= 4 is 35.3 Å². The van der Waals surface area contributed by atoms with E-state index >= 15 is 0 Å². The largest absolute Gasteiger partial charge is 0.417 e. The number of aromatic nitrogens is 1. The minimum absolute atomic E-state index is 0.230. The van der Waals surface area contributed by atoms with Crippen LogP contribution in [0.1, 0.15) is 5.56 Å². The number of hydrogen-bond donors (Lipinski definition) is 2. The molecule has 0 bridgehead atoms. The van der Waals surface area contributed by atoms with Crippen molar-refractivity contribution in [3.05, 3.63) is 35.9 Å². The Balaban J connectivity index is 2.06. The second kappa shape index (κ2) is 5.53. The Labute approximate surface area is 113 Å². The molecule has 0 aliphatic carbocycles. The number of nitrogens with one attached hydrogen (secondary N) is 1. The number of hydrogen-bond acceptors (Lipinski definition) is 6. The molecule has 0 saturated heterocycles. The van der Waals surface area contributed by atoms with E-state index in [2.05, 4.69) is 22.3 Å². The summed E-state index contributed by atoms with van der Waals surface area (Å²) in [5.41, 5.74) is 0.230. The van der Waals surface area contributed by atoms with Gasteiger partial charge >= 0.3 is 6.09 Å². The quantitative estimate of drug-likeness (QED) is 0.828. The fourth-order valence-electron chi connectivity index (χ4n) is 1.18. The summed E-state index contributed by atoms with van der Waals surface area (Å²) in [4.78, 5) is 11.6. The van der Waals surface area contributed by atoms with Crippen LogP contribution in [0.15, 0.2) is 35.4 Å². The number of para-hydroxylation sites is 1. The molecule has 0 atom stereocenters. The molecule has 1 amide bonds. The number of amides is 1. The third-order valence-electron chi connectivity index (χ3n) is 1.96. The zero-order valence-corrected chi connectivity index (χ0v) is 10.7. The van der Waals surface area contributed by atoms with Crippen LogP contribution in [0.2, 0.25) is 0 Å². The summed E-state index contributed by atoms with van der Waals surface area (Å²) in [7, 11) is 0. The van der Waals surface area contributed by atoms with Crippen LogP contribution in [-0.4, -0.2) is 10.5 Å². The molecule has 0 fully saturated rings. The Morgan fingerprint density at radius 2 is 2.17 bits per heavy atom. The monoisotopic (exact) mass is 277 g/mol. The lowest BCUT2D eigenvalue weighted by molar-refractivity contribution is 0.215. The predicted molar refractivity (Wildman–Crippen MR) is 70.2 cm³/mol. The van der Waals surface area contributed by atoms with Crippen LogP contribution in [0.25, 0.3) is 0 Å². The zero-order chi connectivity index (χ0) is 13.0. The van der Waals surface area contributed by atoms with Gasteiger partial charge in [-0.2, -0.15) is 9.64 Å². The first kappa shape index (κ1) is 12.4. The van der Waals surface area contributed by atoms with Gasteiger partial charge in [0.1, 0.15) is 27.4 Å². The van der Waals surface area contributed by atoms with E-state index in [-0.39, 0.29) is 10.6 Å². The normalized spacial score (nSPS) is 9.56. The van der Waals surface area contributed by atoms with E-state index < -0.39 is 6.09 Å². The van der Waals surface area contributed by atoms with E-state index in [1.54, 1.807) is 24.3 Å². The summed E-state index contributed by atoms with van der Waals surface area (Å²) >= 11 is 4.98. The van der Waals surface area contributed by atoms with Crippen molar-refractivity contribution < 1.29 is 9.53 Å². The van der Waals surface area contributed by atoms with Gasteiger partial charge in [-0.05, 0) is 23.7 Å². The highest BCUT2D eigenvalue weighted by Crippen LogP contribution is 2.26. The Bertz CT molecular complexity index is 604. The van der Waals surface area contributed by atoms with Crippen molar-refractivity contribution in [2.75, 3.05) is 5.32 Å². The van der Waals surface area contributed by atoms with E-state index in [1.807, 2.05) is 12.1 Å². The van der Waals surface area contributed by atoms with Crippen LogP contribution in [0.4, 0.5) is 9.80 Å². The van der Waals surface area contributed by atoms with Crippen molar-refractivity contribution in [3.63, 3.8) is 0 Å². The molecular formula is C11H7N3O2S2. The minimum Gasteiger partial charge on any atom is -0.410 e. The van der Waals surface area contributed by atoms with Crippen molar-refractivity contribution in [1.29, 1.82) is 5.26 Å². The molecule has 7 heteroatoms. The molecule has 1 heterocycles. The van der Waals surface area contributed by atoms with E-state index in [9.17, 15) is 4.79 Å². The summed E-state index contributed by atoms with van der Waals surface area (Å²) in [5, 5.41) is 11.9. The summed E-state index contributed by atoms with van der Waals surface area (Å²) in [6.07, 6.45) is -0.672. The highest BCUT2D eigenvalue weighted by Gasteiger charge is 2.14. The molecule has 18 heavy (non-hydrogen) atoms. The van der Waals surface area contributed by atoms with Gasteiger partial charge in [0.2, 0.25) is 0 Å². The van der Waals surface area contributed by atoms with Gasteiger partial charge in [0, 0.05) is 0 Å². The lowest BCUT2D eigenvalue weighted by Gasteiger charge is -2.04. The van der Waals surface area contributed by atoms with Crippen LogP contribution in [0.3, 0.4) is 0 Å². The zero-order valence-electron chi connectivity index (χ0n) is 8.95. The van der Waals surface area contributed by atoms with Crippen molar-refractivity contribution in [1.82, 2.24) is 4.37 Å². The minimum atomic E-state index is -0.672. The second-order valence-corrected chi connectivity index (χ2v) is 4.35. The third kappa shape index (κ3) is 2.80. The van der Waals surface area contributed by atoms with Gasteiger partial charge < -0.3 is 4.74 Å².